The summed E-state index contributed by atoms with van der Waals surface area (Å²) in [4.78, 5) is 10.8. The maximum atomic E-state index is 12.9. The average Bonchev–Trinajstić information content (AvgIpc) is 2.48. The molecule has 1 unspecified atom stereocenters. The van der Waals surface area contributed by atoms with Crippen LogP contribution in [0.1, 0.15) is 31.7 Å². The predicted octanol–water partition coefficient (Wildman–Crippen LogP) is 4.12. The number of hydrogen-bond acceptors (Lipinski definition) is 1. The van der Waals surface area contributed by atoms with Crippen LogP contribution in [0.25, 0.3) is 11.1 Å². The van der Waals surface area contributed by atoms with E-state index in [0.717, 1.165) is 17.5 Å². The van der Waals surface area contributed by atoms with E-state index >= 15 is 0 Å². The molecule has 1 N–H and O–H groups in total. The predicted molar refractivity (Wildman–Crippen MR) is 83.6 cm³/mol. The molecular formula is C18H20FNO. The Morgan fingerprint density at radius 3 is 2.10 bits per heavy atom. The van der Waals surface area contributed by atoms with E-state index < -0.39 is 0 Å². The molecule has 2 rings (SSSR count). The maximum absolute atomic E-state index is 12.9. The minimum Gasteiger partial charge on any atom is -0.356 e. The first-order valence-electron chi connectivity index (χ1n) is 7.16. The highest BCUT2D eigenvalue weighted by atomic mass is 19.1. The standard InChI is InChI=1S/C18H20FNO/c1-13(11-12-20-14(2)21)15-3-5-16(6-4-15)17-7-9-18(19)10-8-17/h3-10,13H,11-12H2,1-2H3,(H,20,21). The van der Waals surface area contributed by atoms with Gasteiger partial charge in [0.2, 0.25) is 5.91 Å². The second-order valence-corrected chi connectivity index (χ2v) is 5.30. The van der Waals surface area contributed by atoms with Crippen LogP contribution in [0.15, 0.2) is 48.5 Å². The van der Waals surface area contributed by atoms with Gasteiger partial charge in [0.25, 0.3) is 0 Å². The molecule has 0 fully saturated rings. The first-order chi connectivity index (χ1) is 10.1. The van der Waals surface area contributed by atoms with Crippen molar-refractivity contribution < 1.29 is 9.18 Å². The zero-order chi connectivity index (χ0) is 15.2. The smallest absolute Gasteiger partial charge is 0.216 e. The Labute approximate surface area is 125 Å². The summed E-state index contributed by atoms with van der Waals surface area (Å²) in [5, 5.41) is 2.81. The van der Waals surface area contributed by atoms with Gasteiger partial charge in [-0.2, -0.15) is 0 Å². The van der Waals surface area contributed by atoms with Crippen molar-refractivity contribution in [2.45, 2.75) is 26.2 Å². The summed E-state index contributed by atoms with van der Waals surface area (Å²) in [7, 11) is 0. The average molecular weight is 285 g/mol. The van der Waals surface area contributed by atoms with Crippen LogP contribution >= 0.6 is 0 Å². The molecule has 0 aliphatic heterocycles. The molecule has 2 nitrogen and oxygen atoms in total. The molecule has 0 aromatic heterocycles. The lowest BCUT2D eigenvalue weighted by Gasteiger charge is -2.13. The van der Waals surface area contributed by atoms with Gasteiger partial charge in [-0.15, -0.1) is 0 Å². The first-order valence-corrected chi connectivity index (χ1v) is 7.16. The van der Waals surface area contributed by atoms with Gasteiger partial charge in [0.15, 0.2) is 0 Å². The fraction of sp³-hybridized carbons (Fsp3) is 0.278. The SMILES string of the molecule is CC(=O)NCCC(C)c1ccc(-c2ccc(F)cc2)cc1. The molecule has 0 aliphatic carbocycles. The Hall–Kier alpha value is -2.16. The van der Waals surface area contributed by atoms with Gasteiger partial charge < -0.3 is 5.32 Å². The minimum atomic E-state index is -0.220. The van der Waals surface area contributed by atoms with Crippen molar-refractivity contribution in [2.75, 3.05) is 6.54 Å². The van der Waals surface area contributed by atoms with Gasteiger partial charge in [-0.25, -0.2) is 4.39 Å². The van der Waals surface area contributed by atoms with Crippen LogP contribution in [0, 0.1) is 5.82 Å². The summed E-state index contributed by atoms with van der Waals surface area (Å²) in [5.41, 5.74) is 3.33. The molecule has 3 heteroatoms. The van der Waals surface area contributed by atoms with E-state index in [4.69, 9.17) is 0 Å². The molecule has 0 bridgehead atoms. The van der Waals surface area contributed by atoms with Gasteiger partial charge in [-0.05, 0) is 41.2 Å². The highest BCUT2D eigenvalue weighted by Gasteiger charge is 2.06. The summed E-state index contributed by atoms with van der Waals surface area (Å²) in [5.74, 6) is 0.176. The lowest BCUT2D eigenvalue weighted by atomic mass is 9.95. The number of halogens is 1. The number of amides is 1. The van der Waals surface area contributed by atoms with Crippen LogP contribution in [0.5, 0.6) is 0 Å². The molecule has 0 heterocycles. The van der Waals surface area contributed by atoms with Gasteiger partial charge in [-0.3, -0.25) is 4.79 Å². The number of nitrogens with one attached hydrogen (secondary N) is 1. The molecule has 0 radical (unpaired) electrons. The zero-order valence-corrected chi connectivity index (χ0v) is 12.4. The molecule has 1 amide bonds. The van der Waals surface area contributed by atoms with Gasteiger partial charge in [0.1, 0.15) is 5.82 Å². The maximum Gasteiger partial charge on any atom is 0.216 e. The lowest BCUT2D eigenvalue weighted by molar-refractivity contribution is -0.118. The topological polar surface area (TPSA) is 29.1 Å². The molecule has 2 aromatic rings. The third-order valence-corrected chi connectivity index (χ3v) is 3.61. The van der Waals surface area contributed by atoms with Gasteiger partial charge in [-0.1, -0.05) is 43.3 Å². The van der Waals surface area contributed by atoms with Crippen LogP contribution in [-0.4, -0.2) is 12.5 Å². The van der Waals surface area contributed by atoms with Crippen LogP contribution in [-0.2, 0) is 4.79 Å². The Balaban J connectivity index is 2.01. The van der Waals surface area contributed by atoms with Crippen LogP contribution < -0.4 is 5.32 Å². The van der Waals surface area contributed by atoms with Crippen molar-refractivity contribution in [1.29, 1.82) is 0 Å². The summed E-state index contributed by atoms with van der Waals surface area (Å²) in [6.07, 6.45) is 0.912. The third-order valence-electron chi connectivity index (χ3n) is 3.61. The van der Waals surface area contributed by atoms with E-state index in [-0.39, 0.29) is 11.7 Å². The molecule has 21 heavy (non-hydrogen) atoms. The minimum absolute atomic E-state index is 0.00820. The van der Waals surface area contributed by atoms with E-state index in [2.05, 4.69) is 36.5 Å². The molecule has 0 saturated heterocycles. The molecule has 110 valence electrons. The Bertz CT molecular complexity index is 590. The third kappa shape index (κ3) is 4.42. The number of rotatable bonds is 5. The monoisotopic (exact) mass is 285 g/mol. The van der Waals surface area contributed by atoms with Crippen molar-refractivity contribution in [1.82, 2.24) is 5.32 Å². The zero-order valence-electron chi connectivity index (χ0n) is 12.4. The van der Waals surface area contributed by atoms with Crippen molar-refractivity contribution in [3.63, 3.8) is 0 Å². The number of hydrogen-bond donors (Lipinski definition) is 1. The molecule has 1 atom stereocenters. The fourth-order valence-corrected chi connectivity index (χ4v) is 2.28. The molecule has 0 spiro atoms. The van der Waals surface area contributed by atoms with Crippen molar-refractivity contribution in [3.05, 3.63) is 59.9 Å². The van der Waals surface area contributed by atoms with Crippen molar-refractivity contribution in [3.8, 4) is 11.1 Å². The first kappa shape index (κ1) is 15.2. The van der Waals surface area contributed by atoms with E-state index in [1.165, 1.54) is 24.6 Å². The Kier molecular flexibility index (Phi) is 5.09. The van der Waals surface area contributed by atoms with Crippen LogP contribution in [0.3, 0.4) is 0 Å². The van der Waals surface area contributed by atoms with E-state index in [0.29, 0.717) is 12.5 Å². The van der Waals surface area contributed by atoms with E-state index in [1.54, 1.807) is 12.1 Å². The summed E-state index contributed by atoms with van der Waals surface area (Å²) >= 11 is 0. The second-order valence-electron chi connectivity index (χ2n) is 5.30. The molecule has 2 aromatic carbocycles. The fourth-order valence-electron chi connectivity index (χ4n) is 2.28. The highest BCUT2D eigenvalue weighted by Crippen LogP contribution is 2.24. The van der Waals surface area contributed by atoms with Gasteiger partial charge >= 0.3 is 0 Å². The summed E-state index contributed by atoms with van der Waals surface area (Å²) < 4.78 is 12.9. The Morgan fingerprint density at radius 1 is 1.05 bits per heavy atom. The summed E-state index contributed by atoms with van der Waals surface area (Å²) in [6, 6.07) is 14.8. The highest BCUT2D eigenvalue weighted by molar-refractivity contribution is 5.72. The lowest BCUT2D eigenvalue weighted by Crippen LogP contribution is -2.22. The quantitative estimate of drug-likeness (QED) is 0.879. The number of carbonyl (C=O) groups is 1. The number of benzene rings is 2. The molecule has 0 saturated carbocycles. The molecular weight excluding hydrogens is 265 g/mol. The van der Waals surface area contributed by atoms with E-state index in [9.17, 15) is 9.18 Å². The second kappa shape index (κ2) is 7.02. The van der Waals surface area contributed by atoms with E-state index in [1.807, 2.05) is 0 Å². The summed E-state index contributed by atoms with van der Waals surface area (Å²) in [6.45, 7) is 4.37. The largest absolute Gasteiger partial charge is 0.356 e. The number of carbonyl (C=O) groups excluding carboxylic acids is 1. The normalized spacial score (nSPS) is 12.0. The van der Waals surface area contributed by atoms with Crippen molar-refractivity contribution in [2.24, 2.45) is 0 Å². The van der Waals surface area contributed by atoms with Crippen molar-refractivity contribution >= 4 is 5.91 Å². The molecule has 0 aliphatic rings. The van der Waals surface area contributed by atoms with Gasteiger partial charge in [0.05, 0.1) is 0 Å². The Morgan fingerprint density at radius 2 is 1.57 bits per heavy atom. The van der Waals surface area contributed by atoms with Crippen LogP contribution in [0.4, 0.5) is 4.39 Å². The van der Waals surface area contributed by atoms with Crippen LogP contribution in [0.2, 0.25) is 0 Å². The van der Waals surface area contributed by atoms with Gasteiger partial charge in [0, 0.05) is 13.5 Å².